The second-order valence-electron chi connectivity index (χ2n) is 12.0. The Bertz CT molecular complexity index is 1550. The lowest BCUT2D eigenvalue weighted by atomic mass is 9.79. The van der Waals surface area contributed by atoms with Crippen molar-refractivity contribution >= 4 is 5.91 Å². The second-order valence-corrected chi connectivity index (χ2v) is 12.0. The zero-order valence-corrected chi connectivity index (χ0v) is 25.2. The summed E-state index contributed by atoms with van der Waals surface area (Å²) < 4.78 is 23.4. The van der Waals surface area contributed by atoms with Crippen molar-refractivity contribution < 1.29 is 28.8 Å². The molecule has 3 aromatic carbocycles. The van der Waals surface area contributed by atoms with Gasteiger partial charge in [0, 0.05) is 57.8 Å². The highest BCUT2D eigenvalue weighted by molar-refractivity contribution is 5.92. The van der Waals surface area contributed by atoms with Crippen LogP contribution in [0.1, 0.15) is 47.9 Å². The first-order valence-electron chi connectivity index (χ1n) is 15.8. The first-order valence-corrected chi connectivity index (χ1v) is 15.8. The number of allylic oxidation sites excluding steroid dienone is 1. The third-order valence-electron chi connectivity index (χ3n) is 9.33. The van der Waals surface area contributed by atoms with E-state index in [1.165, 1.54) is 27.8 Å². The molecule has 0 bridgehead atoms. The predicted octanol–water partition coefficient (Wildman–Crippen LogP) is 5.08. The quantitative estimate of drug-likeness (QED) is 0.289. The Morgan fingerprint density at radius 2 is 1.77 bits per heavy atom. The number of nitrogens with zero attached hydrogens (tertiary/aromatic N) is 2. The van der Waals surface area contributed by atoms with Crippen LogP contribution in [-0.4, -0.2) is 73.3 Å². The molecule has 3 heterocycles. The van der Waals surface area contributed by atoms with E-state index in [4.69, 9.17) is 18.9 Å². The van der Waals surface area contributed by atoms with Gasteiger partial charge in [-0.2, -0.15) is 0 Å². The molecule has 8 heteroatoms. The van der Waals surface area contributed by atoms with E-state index in [1.807, 2.05) is 30.0 Å². The van der Waals surface area contributed by atoms with E-state index >= 15 is 0 Å². The smallest absolute Gasteiger partial charge is 0.288 e. The first kappa shape index (κ1) is 28.9. The maximum atomic E-state index is 13.9. The molecule has 230 valence electrons. The molecule has 44 heavy (non-hydrogen) atoms. The number of benzene rings is 3. The number of aliphatic hydroxyl groups excluding tert-OH is 1. The van der Waals surface area contributed by atoms with Crippen molar-refractivity contribution in [3.05, 3.63) is 94.8 Å². The van der Waals surface area contributed by atoms with E-state index < -0.39 is 6.29 Å². The third kappa shape index (κ3) is 5.70. The van der Waals surface area contributed by atoms with Crippen LogP contribution in [-0.2, 0) is 27.2 Å². The van der Waals surface area contributed by atoms with Gasteiger partial charge in [-0.25, -0.2) is 0 Å². The SMILES string of the molecule is CCO[C@@H]1OC(C(=O)N2CCN(Cc3ccc4c(c3)OCO4)CC2)=C[C@H](c2ccc3c(c2)Cc2ccccc2-3)[C@H]1CCCO. The lowest BCUT2D eigenvalue weighted by Gasteiger charge is -2.39. The van der Waals surface area contributed by atoms with Crippen LogP contribution in [0.15, 0.2) is 72.5 Å². The molecule has 1 N–H and O–H groups in total. The zero-order chi connectivity index (χ0) is 30.0. The van der Waals surface area contributed by atoms with Crippen LogP contribution in [0.5, 0.6) is 11.5 Å². The molecule has 4 aliphatic rings. The topological polar surface area (TPSA) is 80.7 Å². The van der Waals surface area contributed by atoms with Gasteiger partial charge in [0.1, 0.15) is 0 Å². The Labute approximate surface area is 258 Å². The van der Waals surface area contributed by atoms with Gasteiger partial charge in [0.15, 0.2) is 17.3 Å². The Morgan fingerprint density at radius 1 is 0.955 bits per heavy atom. The van der Waals surface area contributed by atoms with Crippen LogP contribution in [0, 0.1) is 5.92 Å². The number of piperazine rings is 1. The van der Waals surface area contributed by atoms with Gasteiger partial charge in [-0.05, 0) is 77.8 Å². The zero-order valence-electron chi connectivity index (χ0n) is 25.2. The molecule has 0 spiro atoms. The average Bonchev–Trinajstić information content (AvgIpc) is 3.68. The molecule has 0 saturated carbocycles. The molecule has 1 aliphatic carbocycles. The summed E-state index contributed by atoms with van der Waals surface area (Å²) in [6.07, 6.45) is 3.75. The molecule has 0 radical (unpaired) electrons. The van der Waals surface area contributed by atoms with E-state index in [9.17, 15) is 9.90 Å². The lowest BCUT2D eigenvalue weighted by Crippen LogP contribution is -2.49. The fourth-order valence-corrected chi connectivity index (χ4v) is 7.07. The third-order valence-corrected chi connectivity index (χ3v) is 9.33. The Kier molecular flexibility index (Phi) is 8.30. The summed E-state index contributed by atoms with van der Waals surface area (Å²) in [7, 11) is 0. The second kappa shape index (κ2) is 12.6. The number of fused-ring (bicyclic) bond motifs is 4. The van der Waals surface area contributed by atoms with Crippen LogP contribution in [0.4, 0.5) is 0 Å². The summed E-state index contributed by atoms with van der Waals surface area (Å²) in [6.45, 7) is 6.39. The van der Waals surface area contributed by atoms with Crippen molar-refractivity contribution in [2.24, 2.45) is 5.92 Å². The summed E-state index contributed by atoms with van der Waals surface area (Å²) in [5.41, 5.74) is 7.56. The molecule has 0 unspecified atom stereocenters. The highest BCUT2D eigenvalue weighted by atomic mass is 16.7. The summed E-state index contributed by atoms with van der Waals surface area (Å²) in [6, 6.07) is 21.4. The molecular formula is C36H40N2O6. The summed E-state index contributed by atoms with van der Waals surface area (Å²) in [5, 5.41) is 9.69. The van der Waals surface area contributed by atoms with Gasteiger partial charge < -0.3 is 29.0 Å². The standard InChI is InChI=1S/C36H40N2O6/c1-2-41-36-30(8-5-17-39)31(26-10-11-29-27(20-26)19-25-6-3-4-7-28(25)29)21-34(44-36)35(40)38-15-13-37(14-16-38)22-24-9-12-32-33(18-24)43-23-42-32/h3-4,6-7,9-12,18,20-21,30-31,36,39H,2,5,8,13-17,19,22-23H2,1H3/t30-,31-,36-/m1/s1. The number of aliphatic hydroxyl groups is 1. The molecule has 3 aromatic rings. The van der Waals surface area contributed by atoms with Crippen LogP contribution >= 0.6 is 0 Å². The van der Waals surface area contributed by atoms with Crippen molar-refractivity contribution in [1.82, 2.24) is 9.80 Å². The van der Waals surface area contributed by atoms with Gasteiger partial charge in [0.25, 0.3) is 5.91 Å². The highest BCUT2D eigenvalue weighted by Crippen LogP contribution is 2.43. The van der Waals surface area contributed by atoms with Crippen LogP contribution in [0.3, 0.4) is 0 Å². The summed E-state index contributed by atoms with van der Waals surface area (Å²) in [5.74, 6) is 1.78. The van der Waals surface area contributed by atoms with Gasteiger partial charge in [-0.3, -0.25) is 9.69 Å². The van der Waals surface area contributed by atoms with E-state index in [0.717, 1.165) is 49.5 Å². The maximum Gasteiger partial charge on any atom is 0.288 e. The summed E-state index contributed by atoms with van der Waals surface area (Å²) >= 11 is 0. The van der Waals surface area contributed by atoms with Crippen molar-refractivity contribution in [2.45, 2.75) is 44.9 Å². The molecule has 3 aliphatic heterocycles. The molecular weight excluding hydrogens is 556 g/mol. The fraction of sp³-hybridized carbons (Fsp3) is 0.417. The van der Waals surface area contributed by atoms with Crippen molar-refractivity contribution in [1.29, 1.82) is 0 Å². The number of ether oxygens (including phenoxy) is 4. The van der Waals surface area contributed by atoms with Crippen molar-refractivity contribution in [3.63, 3.8) is 0 Å². The molecule has 1 amide bonds. The van der Waals surface area contributed by atoms with E-state index in [-0.39, 0.29) is 31.1 Å². The maximum absolute atomic E-state index is 13.9. The lowest BCUT2D eigenvalue weighted by molar-refractivity contribution is -0.171. The van der Waals surface area contributed by atoms with Gasteiger partial charge in [-0.15, -0.1) is 0 Å². The van der Waals surface area contributed by atoms with Crippen LogP contribution < -0.4 is 9.47 Å². The monoisotopic (exact) mass is 596 g/mol. The van der Waals surface area contributed by atoms with E-state index in [0.29, 0.717) is 31.9 Å². The molecule has 3 atom stereocenters. The van der Waals surface area contributed by atoms with Crippen molar-refractivity contribution in [2.75, 3.05) is 46.2 Å². The Morgan fingerprint density at radius 3 is 2.61 bits per heavy atom. The number of amides is 1. The van der Waals surface area contributed by atoms with E-state index in [1.54, 1.807) is 0 Å². The minimum absolute atomic E-state index is 0.0148. The number of carbonyl (C=O) groups excluding carboxylic acids is 1. The van der Waals surface area contributed by atoms with Gasteiger partial charge in [-0.1, -0.05) is 48.5 Å². The minimum atomic E-state index is -0.557. The van der Waals surface area contributed by atoms with Gasteiger partial charge in [0.2, 0.25) is 13.1 Å². The van der Waals surface area contributed by atoms with Crippen LogP contribution in [0.2, 0.25) is 0 Å². The minimum Gasteiger partial charge on any atom is -0.459 e. The Balaban J connectivity index is 1.09. The molecule has 7 rings (SSSR count). The van der Waals surface area contributed by atoms with Gasteiger partial charge in [0.05, 0.1) is 0 Å². The molecule has 1 saturated heterocycles. The fourth-order valence-electron chi connectivity index (χ4n) is 7.07. The average molecular weight is 597 g/mol. The molecule has 0 aromatic heterocycles. The number of carbonyl (C=O) groups is 1. The normalized spacial score (nSPS) is 22.3. The van der Waals surface area contributed by atoms with E-state index in [2.05, 4.69) is 53.4 Å². The summed E-state index contributed by atoms with van der Waals surface area (Å²) in [4.78, 5) is 18.2. The highest BCUT2D eigenvalue weighted by Gasteiger charge is 2.39. The van der Waals surface area contributed by atoms with Gasteiger partial charge >= 0.3 is 0 Å². The molecule has 1 fully saturated rings. The van der Waals surface area contributed by atoms with Crippen molar-refractivity contribution in [3.8, 4) is 22.6 Å². The molecule has 8 nitrogen and oxygen atoms in total. The number of hydrogen-bond acceptors (Lipinski definition) is 7. The Hall–Kier alpha value is -3.85. The first-order chi connectivity index (χ1) is 21.6. The number of hydrogen-bond donors (Lipinski definition) is 1. The van der Waals surface area contributed by atoms with Crippen LogP contribution in [0.25, 0.3) is 11.1 Å². The largest absolute Gasteiger partial charge is 0.459 e. The number of rotatable bonds is 9. The predicted molar refractivity (Wildman–Crippen MR) is 166 cm³/mol.